The van der Waals surface area contributed by atoms with E-state index in [0.29, 0.717) is 0 Å². The summed E-state index contributed by atoms with van der Waals surface area (Å²) in [5.41, 5.74) is 0. The van der Waals surface area contributed by atoms with Crippen molar-refractivity contribution < 1.29 is 39.6 Å². The minimum absolute atomic E-state index is 0.0159. The molecule has 9 nitrogen and oxygen atoms in total. The summed E-state index contributed by atoms with van der Waals surface area (Å²) < 4.78 is 0. The standard InChI is InChI=1S/C10H15NO8/c12-7(13)3-1-2-6(10(18)19)11(4-8(14)15)5-9(16)17/h6H,1-5H2,(H,12,13)(H,14,15)(H,16,17)(H,18,19). The second kappa shape index (κ2) is 8.03. The van der Waals surface area contributed by atoms with Gasteiger partial charge in [-0.3, -0.25) is 24.1 Å². The normalized spacial score (nSPS) is 12.1. The Hall–Kier alpha value is -2.16. The van der Waals surface area contributed by atoms with Gasteiger partial charge in [-0.15, -0.1) is 0 Å². The smallest absolute Gasteiger partial charge is 0.320 e. The van der Waals surface area contributed by atoms with Gasteiger partial charge in [0.25, 0.3) is 0 Å². The van der Waals surface area contributed by atoms with Gasteiger partial charge < -0.3 is 20.4 Å². The van der Waals surface area contributed by atoms with Crippen LogP contribution < -0.4 is 0 Å². The molecule has 0 saturated heterocycles. The van der Waals surface area contributed by atoms with Crippen LogP contribution in [0.3, 0.4) is 0 Å². The fourth-order valence-corrected chi connectivity index (χ4v) is 1.53. The molecular formula is C10H15NO8. The third-order valence-corrected chi connectivity index (χ3v) is 2.27. The SMILES string of the molecule is O=C(O)CCCC(C(=O)O)N(CC(=O)O)CC(=O)O. The second-order valence-electron chi connectivity index (χ2n) is 3.83. The van der Waals surface area contributed by atoms with Crippen LogP contribution in [0.5, 0.6) is 0 Å². The number of hydrogen-bond acceptors (Lipinski definition) is 5. The predicted molar refractivity (Wildman–Crippen MR) is 59.8 cm³/mol. The zero-order chi connectivity index (χ0) is 15.0. The number of rotatable bonds is 10. The van der Waals surface area contributed by atoms with Crippen molar-refractivity contribution in [1.82, 2.24) is 4.90 Å². The van der Waals surface area contributed by atoms with Gasteiger partial charge in [0.2, 0.25) is 0 Å². The van der Waals surface area contributed by atoms with E-state index in [9.17, 15) is 19.2 Å². The maximum absolute atomic E-state index is 11.0. The summed E-state index contributed by atoms with van der Waals surface area (Å²) in [6.07, 6.45) is -0.387. The molecule has 108 valence electrons. The van der Waals surface area contributed by atoms with Crippen molar-refractivity contribution in [1.29, 1.82) is 0 Å². The highest BCUT2D eigenvalue weighted by molar-refractivity contribution is 5.78. The third kappa shape index (κ3) is 7.71. The average Bonchev–Trinajstić information content (AvgIpc) is 2.21. The first kappa shape index (κ1) is 16.8. The summed E-state index contributed by atoms with van der Waals surface area (Å²) in [5.74, 6) is -5.20. The summed E-state index contributed by atoms with van der Waals surface area (Å²) in [7, 11) is 0. The molecule has 0 radical (unpaired) electrons. The van der Waals surface area contributed by atoms with Crippen molar-refractivity contribution in [3.63, 3.8) is 0 Å². The van der Waals surface area contributed by atoms with Gasteiger partial charge in [-0.05, 0) is 12.8 Å². The molecule has 0 spiro atoms. The first-order valence-electron chi connectivity index (χ1n) is 5.36. The van der Waals surface area contributed by atoms with Crippen molar-refractivity contribution in [2.75, 3.05) is 13.1 Å². The number of nitrogens with zero attached hydrogens (tertiary/aromatic N) is 1. The second-order valence-corrected chi connectivity index (χ2v) is 3.83. The highest BCUT2D eigenvalue weighted by atomic mass is 16.4. The van der Waals surface area contributed by atoms with Crippen LogP contribution in [0.2, 0.25) is 0 Å². The van der Waals surface area contributed by atoms with Gasteiger partial charge in [0.15, 0.2) is 0 Å². The van der Waals surface area contributed by atoms with E-state index in [0.717, 1.165) is 4.90 Å². The monoisotopic (exact) mass is 277 g/mol. The minimum atomic E-state index is -1.38. The van der Waals surface area contributed by atoms with Crippen molar-refractivity contribution >= 4 is 23.9 Å². The Labute approximate surface area is 108 Å². The molecule has 0 aliphatic carbocycles. The van der Waals surface area contributed by atoms with E-state index in [2.05, 4.69) is 0 Å². The molecule has 9 heteroatoms. The zero-order valence-corrected chi connectivity index (χ0v) is 9.98. The van der Waals surface area contributed by atoms with Crippen LogP contribution in [0.15, 0.2) is 0 Å². The molecule has 0 amide bonds. The highest BCUT2D eigenvalue weighted by Gasteiger charge is 2.28. The number of aliphatic carboxylic acids is 4. The zero-order valence-electron chi connectivity index (χ0n) is 9.98. The van der Waals surface area contributed by atoms with Gasteiger partial charge in [0, 0.05) is 6.42 Å². The summed E-state index contributed by atoms with van der Waals surface area (Å²) >= 11 is 0. The Kier molecular flexibility index (Phi) is 7.12. The molecule has 0 aromatic rings. The first-order valence-corrected chi connectivity index (χ1v) is 5.36. The molecule has 0 rings (SSSR count). The Morgan fingerprint density at radius 3 is 1.63 bits per heavy atom. The maximum Gasteiger partial charge on any atom is 0.320 e. The van der Waals surface area contributed by atoms with Crippen LogP contribution in [-0.2, 0) is 19.2 Å². The summed E-state index contributed by atoms with van der Waals surface area (Å²) in [4.78, 5) is 43.3. The molecular weight excluding hydrogens is 262 g/mol. The number of hydrogen-bond donors (Lipinski definition) is 4. The number of carbonyl (C=O) groups is 4. The molecule has 0 heterocycles. The maximum atomic E-state index is 11.0. The van der Waals surface area contributed by atoms with Crippen LogP contribution in [-0.4, -0.2) is 68.3 Å². The van der Waals surface area contributed by atoms with E-state index in [1.54, 1.807) is 0 Å². The van der Waals surface area contributed by atoms with Gasteiger partial charge in [-0.1, -0.05) is 0 Å². The lowest BCUT2D eigenvalue weighted by molar-refractivity contribution is -0.150. The topological polar surface area (TPSA) is 152 Å². The van der Waals surface area contributed by atoms with Crippen LogP contribution in [0.4, 0.5) is 0 Å². The third-order valence-electron chi connectivity index (χ3n) is 2.27. The summed E-state index contributed by atoms with van der Waals surface area (Å²) in [5, 5.41) is 34.6. The van der Waals surface area contributed by atoms with Crippen molar-refractivity contribution in [3.05, 3.63) is 0 Å². The Balaban J connectivity index is 4.73. The lowest BCUT2D eigenvalue weighted by atomic mass is 10.1. The Morgan fingerprint density at radius 2 is 1.32 bits per heavy atom. The van der Waals surface area contributed by atoms with Crippen LogP contribution in [0.25, 0.3) is 0 Å². The van der Waals surface area contributed by atoms with E-state index in [1.807, 2.05) is 0 Å². The minimum Gasteiger partial charge on any atom is -0.481 e. The van der Waals surface area contributed by atoms with Gasteiger partial charge in [0.05, 0.1) is 13.1 Å². The summed E-state index contributed by atoms with van der Waals surface area (Å²) in [6.45, 7) is -1.48. The molecule has 0 aliphatic heterocycles. The van der Waals surface area contributed by atoms with Crippen molar-refractivity contribution in [2.45, 2.75) is 25.3 Å². The molecule has 0 bridgehead atoms. The molecule has 0 aliphatic rings. The predicted octanol–water partition coefficient (Wildman–Crippen LogP) is -0.834. The van der Waals surface area contributed by atoms with E-state index >= 15 is 0 Å². The van der Waals surface area contributed by atoms with E-state index in [-0.39, 0.29) is 19.3 Å². The average molecular weight is 277 g/mol. The quantitative estimate of drug-likeness (QED) is 0.400. The van der Waals surface area contributed by atoms with Crippen LogP contribution >= 0.6 is 0 Å². The molecule has 1 unspecified atom stereocenters. The molecule has 0 fully saturated rings. The van der Waals surface area contributed by atoms with Crippen LogP contribution in [0, 0.1) is 0 Å². The fraction of sp³-hybridized carbons (Fsp3) is 0.600. The highest BCUT2D eigenvalue weighted by Crippen LogP contribution is 2.09. The molecule has 4 N–H and O–H groups in total. The lowest BCUT2D eigenvalue weighted by Gasteiger charge is -2.25. The largest absolute Gasteiger partial charge is 0.481 e. The van der Waals surface area contributed by atoms with E-state index < -0.39 is 43.0 Å². The molecule has 0 saturated carbocycles. The van der Waals surface area contributed by atoms with E-state index in [1.165, 1.54) is 0 Å². The molecule has 19 heavy (non-hydrogen) atoms. The summed E-state index contributed by atoms with van der Waals surface area (Å²) in [6, 6.07) is -1.34. The van der Waals surface area contributed by atoms with Crippen LogP contribution in [0.1, 0.15) is 19.3 Å². The van der Waals surface area contributed by atoms with Crippen molar-refractivity contribution in [3.8, 4) is 0 Å². The Morgan fingerprint density at radius 1 is 0.842 bits per heavy atom. The van der Waals surface area contributed by atoms with Gasteiger partial charge in [-0.25, -0.2) is 0 Å². The molecule has 1 atom stereocenters. The number of carboxylic acids is 4. The van der Waals surface area contributed by atoms with Gasteiger partial charge >= 0.3 is 23.9 Å². The fourth-order valence-electron chi connectivity index (χ4n) is 1.53. The first-order chi connectivity index (χ1) is 8.73. The van der Waals surface area contributed by atoms with Gasteiger partial charge in [0.1, 0.15) is 6.04 Å². The van der Waals surface area contributed by atoms with E-state index in [4.69, 9.17) is 20.4 Å². The lowest BCUT2D eigenvalue weighted by Crippen LogP contribution is -2.46. The van der Waals surface area contributed by atoms with Crippen molar-refractivity contribution in [2.24, 2.45) is 0 Å². The Bertz CT molecular complexity index is 351. The number of carboxylic acid groups (broad SMARTS) is 4. The molecule has 0 aromatic heterocycles. The molecule has 0 aromatic carbocycles. The van der Waals surface area contributed by atoms with Gasteiger partial charge in [-0.2, -0.15) is 0 Å².